The van der Waals surface area contributed by atoms with Gasteiger partial charge < -0.3 is 4.74 Å². The summed E-state index contributed by atoms with van der Waals surface area (Å²) in [4.78, 5) is 15.4. The van der Waals surface area contributed by atoms with Crippen LogP contribution in [0, 0.1) is 0 Å². The molecule has 0 saturated carbocycles. The summed E-state index contributed by atoms with van der Waals surface area (Å²) < 4.78 is 5.10. The molecule has 2 rings (SSSR count). The number of aromatic nitrogens is 1. The average Bonchev–Trinajstić information content (AvgIpc) is 2.77. The number of benzene rings is 1. The molecule has 0 aliphatic heterocycles. The summed E-state index contributed by atoms with van der Waals surface area (Å²) in [5, 5.41) is 2.84. The number of hydrogen-bond acceptors (Lipinski definition) is 4. The maximum Gasteiger partial charge on any atom is 0.136 e. The summed E-state index contributed by atoms with van der Waals surface area (Å²) in [6.07, 6.45) is 0.417. The number of ketones is 1. The van der Waals surface area contributed by atoms with E-state index in [1.54, 1.807) is 14.0 Å². The highest BCUT2D eigenvalue weighted by atomic mass is 32.1. The highest BCUT2D eigenvalue weighted by molar-refractivity contribution is 7.10. The van der Waals surface area contributed by atoms with Crippen molar-refractivity contribution >= 4 is 17.1 Å². The van der Waals surface area contributed by atoms with Crippen LogP contribution in [-0.2, 0) is 11.2 Å². The Morgan fingerprint density at radius 1 is 1.35 bits per heavy atom. The van der Waals surface area contributed by atoms with Gasteiger partial charge in [-0.05, 0) is 31.2 Å². The van der Waals surface area contributed by atoms with Crippen LogP contribution in [0.3, 0.4) is 0 Å². The van der Waals surface area contributed by atoms with E-state index in [1.165, 1.54) is 11.3 Å². The van der Waals surface area contributed by atoms with Gasteiger partial charge in [-0.15, -0.1) is 11.3 Å². The zero-order chi connectivity index (χ0) is 12.3. The maximum absolute atomic E-state index is 11.0. The molecule has 0 aliphatic rings. The molecule has 17 heavy (non-hydrogen) atoms. The van der Waals surface area contributed by atoms with Crippen molar-refractivity contribution in [1.29, 1.82) is 0 Å². The lowest BCUT2D eigenvalue weighted by molar-refractivity contribution is -0.116. The zero-order valence-corrected chi connectivity index (χ0v) is 10.6. The van der Waals surface area contributed by atoms with Crippen LogP contribution >= 0.6 is 11.3 Å². The number of Topliss-reactive ketones (excluding diaryl/α,β-unsaturated/α-hetero) is 1. The normalized spacial score (nSPS) is 10.2. The molecule has 4 heteroatoms. The molecule has 0 atom stereocenters. The number of ether oxygens (including phenoxy) is 1. The van der Waals surface area contributed by atoms with Crippen LogP contribution in [0.1, 0.15) is 11.9 Å². The summed E-state index contributed by atoms with van der Waals surface area (Å²) in [5.41, 5.74) is 1.95. The second-order valence-corrected chi connectivity index (χ2v) is 4.68. The van der Waals surface area contributed by atoms with E-state index in [9.17, 15) is 4.79 Å². The molecule has 0 unspecified atom stereocenters. The largest absolute Gasteiger partial charge is 0.497 e. The Morgan fingerprint density at radius 2 is 2.06 bits per heavy atom. The molecule has 0 amide bonds. The van der Waals surface area contributed by atoms with Crippen LogP contribution in [0.5, 0.6) is 5.75 Å². The fourth-order valence-corrected chi connectivity index (χ4v) is 2.37. The van der Waals surface area contributed by atoms with E-state index in [2.05, 4.69) is 4.98 Å². The van der Waals surface area contributed by atoms with Crippen molar-refractivity contribution in [3.8, 4) is 17.0 Å². The first-order valence-electron chi connectivity index (χ1n) is 5.27. The predicted octanol–water partition coefficient (Wildman–Crippen LogP) is 2.95. The first-order valence-corrected chi connectivity index (χ1v) is 6.15. The van der Waals surface area contributed by atoms with E-state index >= 15 is 0 Å². The Kier molecular flexibility index (Phi) is 3.54. The van der Waals surface area contributed by atoms with Gasteiger partial charge in [0.05, 0.1) is 19.2 Å². The lowest BCUT2D eigenvalue weighted by atomic mass is 10.2. The van der Waals surface area contributed by atoms with E-state index in [0.29, 0.717) is 6.42 Å². The molecule has 3 nitrogen and oxygen atoms in total. The van der Waals surface area contributed by atoms with Crippen molar-refractivity contribution in [2.75, 3.05) is 7.11 Å². The summed E-state index contributed by atoms with van der Waals surface area (Å²) in [6.45, 7) is 1.58. The van der Waals surface area contributed by atoms with Gasteiger partial charge in [0.15, 0.2) is 0 Å². The molecule has 0 fully saturated rings. The Bertz CT molecular complexity index is 516. The Morgan fingerprint density at radius 3 is 2.65 bits per heavy atom. The van der Waals surface area contributed by atoms with Gasteiger partial charge in [0.1, 0.15) is 16.5 Å². The maximum atomic E-state index is 11.0. The third kappa shape index (κ3) is 2.91. The molecule has 0 radical (unpaired) electrons. The third-order valence-corrected chi connectivity index (χ3v) is 3.19. The molecule has 0 bridgehead atoms. The molecule has 1 aromatic carbocycles. The lowest BCUT2D eigenvalue weighted by Gasteiger charge is -2.00. The van der Waals surface area contributed by atoms with Crippen LogP contribution in [0.25, 0.3) is 11.3 Å². The monoisotopic (exact) mass is 247 g/mol. The summed E-state index contributed by atoms with van der Waals surface area (Å²) in [6, 6.07) is 7.73. The molecule has 1 heterocycles. The number of nitrogens with zero attached hydrogens (tertiary/aromatic N) is 1. The van der Waals surface area contributed by atoms with Crippen LogP contribution in [0.15, 0.2) is 29.6 Å². The Balaban J connectivity index is 2.21. The van der Waals surface area contributed by atoms with Gasteiger partial charge in [0, 0.05) is 10.9 Å². The molecular formula is C13H13NO2S. The molecule has 0 aliphatic carbocycles. The Labute approximate surface area is 104 Å². The standard InChI is InChI=1S/C13H13NO2S/c1-9(15)7-13-14-12(8-17-13)10-3-5-11(16-2)6-4-10/h3-6,8H,7H2,1-2H3. The third-order valence-electron chi connectivity index (χ3n) is 2.34. The Hall–Kier alpha value is -1.68. The van der Waals surface area contributed by atoms with Crippen LogP contribution in [0.2, 0.25) is 0 Å². The number of methoxy groups -OCH3 is 1. The van der Waals surface area contributed by atoms with Crippen molar-refractivity contribution in [3.63, 3.8) is 0 Å². The first-order chi connectivity index (χ1) is 8.19. The minimum Gasteiger partial charge on any atom is -0.497 e. The van der Waals surface area contributed by atoms with Crippen molar-refractivity contribution in [2.45, 2.75) is 13.3 Å². The fraction of sp³-hybridized carbons (Fsp3) is 0.231. The van der Waals surface area contributed by atoms with Crippen molar-refractivity contribution in [2.24, 2.45) is 0 Å². The summed E-state index contributed by atoms with van der Waals surface area (Å²) in [5.74, 6) is 0.966. The van der Waals surface area contributed by atoms with Gasteiger partial charge in [0.25, 0.3) is 0 Å². The molecule has 0 N–H and O–H groups in total. The van der Waals surface area contributed by atoms with E-state index in [-0.39, 0.29) is 5.78 Å². The number of hydrogen-bond donors (Lipinski definition) is 0. The van der Waals surface area contributed by atoms with Gasteiger partial charge >= 0.3 is 0 Å². The first kappa shape index (κ1) is 11.8. The van der Waals surface area contributed by atoms with Crippen LogP contribution < -0.4 is 4.74 Å². The highest BCUT2D eigenvalue weighted by Gasteiger charge is 2.06. The number of carbonyl (C=O) groups excluding carboxylic acids is 1. The van der Waals surface area contributed by atoms with Crippen LogP contribution in [-0.4, -0.2) is 17.9 Å². The number of thiazole rings is 1. The molecule has 0 saturated heterocycles. The fourth-order valence-electron chi connectivity index (χ4n) is 1.50. The number of carbonyl (C=O) groups is 1. The molecule has 1 aromatic heterocycles. The number of rotatable bonds is 4. The zero-order valence-electron chi connectivity index (χ0n) is 9.77. The minimum atomic E-state index is 0.139. The quantitative estimate of drug-likeness (QED) is 0.833. The average molecular weight is 247 g/mol. The second-order valence-electron chi connectivity index (χ2n) is 3.73. The summed E-state index contributed by atoms with van der Waals surface area (Å²) in [7, 11) is 1.64. The summed E-state index contributed by atoms with van der Waals surface area (Å²) >= 11 is 1.52. The van der Waals surface area contributed by atoms with Crippen molar-refractivity contribution in [3.05, 3.63) is 34.7 Å². The van der Waals surface area contributed by atoms with Crippen molar-refractivity contribution in [1.82, 2.24) is 4.98 Å². The van der Waals surface area contributed by atoms with Gasteiger partial charge in [-0.1, -0.05) is 0 Å². The molecule has 88 valence electrons. The molecule has 0 spiro atoms. The van der Waals surface area contributed by atoms with Crippen LogP contribution in [0.4, 0.5) is 0 Å². The van der Waals surface area contributed by atoms with Gasteiger partial charge in [-0.25, -0.2) is 4.98 Å². The topological polar surface area (TPSA) is 39.2 Å². The second kappa shape index (κ2) is 5.10. The van der Waals surface area contributed by atoms with E-state index < -0.39 is 0 Å². The van der Waals surface area contributed by atoms with E-state index in [0.717, 1.165) is 22.0 Å². The minimum absolute atomic E-state index is 0.139. The molecule has 2 aromatic rings. The van der Waals surface area contributed by atoms with Gasteiger partial charge in [0.2, 0.25) is 0 Å². The van der Waals surface area contributed by atoms with E-state index in [4.69, 9.17) is 4.74 Å². The molecular weight excluding hydrogens is 234 g/mol. The highest BCUT2D eigenvalue weighted by Crippen LogP contribution is 2.24. The van der Waals surface area contributed by atoms with E-state index in [1.807, 2.05) is 29.6 Å². The lowest BCUT2D eigenvalue weighted by Crippen LogP contribution is -1.95. The van der Waals surface area contributed by atoms with Gasteiger partial charge in [-0.3, -0.25) is 4.79 Å². The SMILES string of the molecule is COc1ccc(-c2csc(CC(C)=O)n2)cc1. The van der Waals surface area contributed by atoms with Gasteiger partial charge in [-0.2, -0.15) is 0 Å². The van der Waals surface area contributed by atoms with Crippen molar-refractivity contribution < 1.29 is 9.53 Å². The smallest absolute Gasteiger partial charge is 0.136 e. The predicted molar refractivity (Wildman–Crippen MR) is 68.5 cm³/mol.